The van der Waals surface area contributed by atoms with Crippen molar-refractivity contribution in [2.24, 2.45) is 11.8 Å². The lowest BCUT2D eigenvalue weighted by molar-refractivity contribution is -0.140. The van der Waals surface area contributed by atoms with Crippen LogP contribution in [0.5, 0.6) is 0 Å². The molecule has 0 aromatic carbocycles. The molecule has 0 aromatic rings. The number of rotatable bonds is 20. The van der Waals surface area contributed by atoms with E-state index in [4.69, 9.17) is 14.2 Å². The monoisotopic (exact) mass is 740 g/mol. The van der Waals surface area contributed by atoms with E-state index < -0.39 is 17.9 Å². The molecule has 16 heteroatoms. The van der Waals surface area contributed by atoms with E-state index in [1.54, 1.807) is 14.7 Å². The molecule has 298 valence electrons. The molecular formula is C36H64N6O10. The smallest absolute Gasteiger partial charge is 0.317 e. The summed E-state index contributed by atoms with van der Waals surface area (Å²) < 4.78 is 17.9. The standard InChI is InChI=1S/C36H64N6O10/c1-36(2,9-19-51-31-21-29-7-5-3-4-6-8-30(29)22-31)52-28-37-27-50-20-10-38-32(43)23-39-11-13-40(24-33(44)45)15-17-42(26-35(48)49)18-16-41(14-12-39)25-34(46)47/h3-4,29-31,37H,5-28H2,1-2H3,(H,38,43)(H,44,45)(H,46,47)(H,48,49)/b4-3+. The second-order valence-corrected chi connectivity index (χ2v) is 14.8. The number of nitrogens with one attached hydrogen (secondary N) is 2. The zero-order chi connectivity index (χ0) is 37.8. The number of hydrogen-bond donors (Lipinski definition) is 5. The van der Waals surface area contributed by atoms with Crippen molar-refractivity contribution in [3.05, 3.63) is 12.2 Å². The van der Waals surface area contributed by atoms with Gasteiger partial charge in [0, 0.05) is 65.5 Å². The van der Waals surface area contributed by atoms with Crippen LogP contribution in [0.25, 0.3) is 0 Å². The van der Waals surface area contributed by atoms with Gasteiger partial charge >= 0.3 is 17.9 Å². The highest BCUT2D eigenvalue weighted by molar-refractivity contribution is 5.78. The van der Waals surface area contributed by atoms with Gasteiger partial charge in [-0.3, -0.25) is 44.1 Å². The van der Waals surface area contributed by atoms with E-state index in [1.165, 1.54) is 38.5 Å². The van der Waals surface area contributed by atoms with Gasteiger partial charge in [0.1, 0.15) is 0 Å². The number of aliphatic carboxylic acids is 3. The molecule has 3 aliphatic rings. The van der Waals surface area contributed by atoms with Crippen molar-refractivity contribution in [1.82, 2.24) is 30.2 Å². The molecule has 3 rings (SSSR count). The zero-order valence-electron chi connectivity index (χ0n) is 31.3. The molecule has 1 aliphatic heterocycles. The highest BCUT2D eigenvalue weighted by atomic mass is 16.5. The number of carboxylic acids is 3. The first-order chi connectivity index (χ1) is 24.9. The molecule has 1 amide bonds. The van der Waals surface area contributed by atoms with Gasteiger partial charge < -0.3 is 34.8 Å². The van der Waals surface area contributed by atoms with Crippen molar-refractivity contribution in [3.63, 3.8) is 0 Å². The minimum absolute atomic E-state index is 0.0528. The van der Waals surface area contributed by atoms with Gasteiger partial charge in [0.05, 0.1) is 58.0 Å². The fourth-order valence-electron chi connectivity index (χ4n) is 7.14. The number of carbonyl (C=O) groups excluding carboxylic acids is 1. The van der Waals surface area contributed by atoms with Crippen molar-refractivity contribution in [3.8, 4) is 0 Å². The summed E-state index contributed by atoms with van der Waals surface area (Å²) in [7, 11) is 0. The molecule has 0 aromatic heterocycles. The fourth-order valence-corrected chi connectivity index (χ4v) is 7.14. The van der Waals surface area contributed by atoms with Gasteiger partial charge in [-0.2, -0.15) is 0 Å². The molecule has 2 aliphatic carbocycles. The Hall–Kier alpha value is -2.70. The predicted molar refractivity (Wildman–Crippen MR) is 194 cm³/mol. The van der Waals surface area contributed by atoms with Crippen molar-refractivity contribution < 1.29 is 48.7 Å². The summed E-state index contributed by atoms with van der Waals surface area (Å²) in [6.07, 6.45) is 13.1. The molecule has 5 N–H and O–H groups in total. The number of carboxylic acid groups (broad SMARTS) is 3. The van der Waals surface area contributed by atoms with E-state index in [2.05, 4.69) is 36.6 Å². The summed E-state index contributed by atoms with van der Waals surface area (Å²) in [5.74, 6) is -1.64. The Morgan fingerprint density at radius 3 is 1.62 bits per heavy atom. The molecule has 0 spiro atoms. The van der Waals surface area contributed by atoms with Gasteiger partial charge in [-0.1, -0.05) is 12.2 Å². The molecule has 1 saturated heterocycles. The molecule has 16 nitrogen and oxygen atoms in total. The van der Waals surface area contributed by atoms with Gasteiger partial charge in [0.2, 0.25) is 5.91 Å². The normalized spacial score (nSPS) is 24.2. The predicted octanol–water partition coefficient (Wildman–Crippen LogP) is 0.826. The van der Waals surface area contributed by atoms with Gasteiger partial charge in [-0.15, -0.1) is 0 Å². The van der Waals surface area contributed by atoms with Crippen LogP contribution in [0.15, 0.2) is 12.2 Å². The Kier molecular flexibility index (Phi) is 20.1. The highest BCUT2D eigenvalue weighted by Crippen LogP contribution is 2.40. The summed E-state index contributed by atoms with van der Waals surface area (Å²) in [4.78, 5) is 54.2. The number of allylic oxidation sites excluding steroid dienone is 2. The maximum Gasteiger partial charge on any atom is 0.317 e. The summed E-state index contributed by atoms with van der Waals surface area (Å²) in [5, 5.41) is 34.1. The van der Waals surface area contributed by atoms with Crippen LogP contribution in [-0.2, 0) is 33.4 Å². The lowest BCUT2D eigenvalue weighted by Gasteiger charge is -2.32. The first kappa shape index (κ1) is 43.7. The lowest BCUT2D eigenvalue weighted by atomic mass is 9.86. The number of hydrogen-bond acceptors (Lipinski definition) is 12. The second-order valence-electron chi connectivity index (χ2n) is 14.8. The SMILES string of the molecule is CC(C)(CCOC1CC2CC/C=C/CCC2C1)OCNCOCCNC(=O)CN1CCN(CC(=O)O)CCN(CC(=O)O)CCN(CC(=O)O)CC1. The maximum absolute atomic E-state index is 12.8. The van der Waals surface area contributed by atoms with Crippen molar-refractivity contribution in [1.29, 1.82) is 0 Å². The number of amides is 1. The lowest BCUT2D eigenvalue weighted by Crippen LogP contribution is -2.50. The first-order valence-corrected chi connectivity index (χ1v) is 18.9. The molecule has 1 saturated carbocycles. The molecule has 1 heterocycles. The topological polar surface area (TPSA) is 194 Å². The number of carbonyl (C=O) groups is 4. The van der Waals surface area contributed by atoms with E-state index in [0.717, 1.165) is 18.3 Å². The van der Waals surface area contributed by atoms with Gasteiger partial charge in [0.15, 0.2) is 0 Å². The van der Waals surface area contributed by atoms with Crippen LogP contribution in [0.3, 0.4) is 0 Å². The van der Waals surface area contributed by atoms with Crippen LogP contribution in [0.2, 0.25) is 0 Å². The quantitative estimate of drug-likeness (QED) is 0.0669. The Bertz CT molecular complexity index is 1080. The average molecular weight is 741 g/mol. The Labute approximate surface area is 308 Å². The molecule has 52 heavy (non-hydrogen) atoms. The Morgan fingerprint density at radius 2 is 1.15 bits per heavy atom. The molecule has 0 bridgehead atoms. The third-order valence-corrected chi connectivity index (χ3v) is 10.1. The summed E-state index contributed by atoms with van der Waals surface area (Å²) in [6.45, 7) is 8.09. The summed E-state index contributed by atoms with van der Waals surface area (Å²) >= 11 is 0. The number of fused-ring (bicyclic) bond motifs is 1. The van der Waals surface area contributed by atoms with E-state index in [9.17, 15) is 34.5 Å². The van der Waals surface area contributed by atoms with Gasteiger partial charge in [-0.25, -0.2) is 0 Å². The average Bonchev–Trinajstić information content (AvgIpc) is 3.42. The van der Waals surface area contributed by atoms with Crippen molar-refractivity contribution in [2.45, 2.75) is 70.5 Å². The van der Waals surface area contributed by atoms with E-state index in [0.29, 0.717) is 85.0 Å². The fraction of sp³-hybridized carbons (Fsp3) is 0.833. The third kappa shape index (κ3) is 18.9. The summed E-state index contributed by atoms with van der Waals surface area (Å²) in [6, 6.07) is 0. The first-order valence-electron chi connectivity index (χ1n) is 18.9. The van der Waals surface area contributed by atoms with Gasteiger partial charge in [0.25, 0.3) is 0 Å². The van der Waals surface area contributed by atoms with Crippen LogP contribution in [0, 0.1) is 11.8 Å². The molecule has 2 atom stereocenters. The van der Waals surface area contributed by atoms with Crippen molar-refractivity contribution in [2.75, 3.05) is 112 Å². The van der Waals surface area contributed by atoms with Gasteiger partial charge in [-0.05, 0) is 70.6 Å². The van der Waals surface area contributed by atoms with E-state index in [1.807, 2.05) is 4.90 Å². The van der Waals surface area contributed by atoms with Crippen molar-refractivity contribution >= 4 is 23.8 Å². The molecule has 2 fully saturated rings. The van der Waals surface area contributed by atoms with Crippen LogP contribution >= 0.6 is 0 Å². The highest BCUT2D eigenvalue weighted by Gasteiger charge is 2.34. The van der Waals surface area contributed by atoms with Crippen LogP contribution in [0.1, 0.15) is 58.8 Å². The second kappa shape index (κ2) is 23.9. The minimum Gasteiger partial charge on any atom is -0.480 e. The van der Waals surface area contributed by atoms with E-state index in [-0.39, 0.29) is 44.4 Å². The van der Waals surface area contributed by atoms with Crippen LogP contribution < -0.4 is 10.6 Å². The Balaban J connectivity index is 1.31. The number of nitrogens with zero attached hydrogens (tertiary/aromatic N) is 4. The molecule has 2 unspecified atom stereocenters. The van der Waals surface area contributed by atoms with E-state index >= 15 is 0 Å². The minimum atomic E-state index is -1.01. The van der Waals surface area contributed by atoms with Crippen LogP contribution in [0.4, 0.5) is 0 Å². The maximum atomic E-state index is 12.8. The number of ether oxygens (including phenoxy) is 3. The molecular weight excluding hydrogens is 676 g/mol. The van der Waals surface area contributed by atoms with Crippen LogP contribution in [-0.4, -0.2) is 182 Å². The largest absolute Gasteiger partial charge is 0.480 e. The Morgan fingerprint density at radius 1 is 0.692 bits per heavy atom. The third-order valence-electron chi connectivity index (χ3n) is 10.1. The zero-order valence-corrected chi connectivity index (χ0v) is 31.3. The molecule has 0 radical (unpaired) electrons. The summed E-state index contributed by atoms with van der Waals surface area (Å²) in [5.41, 5.74) is -0.343.